The third-order valence-corrected chi connectivity index (χ3v) is 2.61. The van der Waals surface area contributed by atoms with E-state index in [4.69, 9.17) is 5.26 Å². The highest BCUT2D eigenvalue weighted by Crippen LogP contribution is 2.17. The molecule has 0 bridgehead atoms. The molecule has 0 radical (unpaired) electrons. The number of amides is 1. The van der Waals surface area contributed by atoms with Crippen molar-refractivity contribution in [2.75, 3.05) is 11.9 Å². The fourth-order valence-corrected chi connectivity index (χ4v) is 1.59. The Hall–Kier alpha value is -3.20. The standard InChI is InChI=1S/C15H13N5O/c1-2-7-17-14(21)12-9-18-15(19-10-12)20-13-6-4-3-5-11(13)8-16/h2-6,9-10H,1,7H2,(H,17,21)(H,18,19,20). The number of carbonyl (C=O) groups is 1. The Kier molecular flexibility index (Phi) is 4.62. The average molecular weight is 279 g/mol. The van der Waals surface area contributed by atoms with Gasteiger partial charge in [0.2, 0.25) is 5.95 Å². The van der Waals surface area contributed by atoms with E-state index in [2.05, 4.69) is 33.2 Å². The highest BCUT2D eigenvalue weighted by molar-refractivity contribution is 5.93. The van der Waals surface area contributed by atoms with E-state index in [1.54, 1.807) is 30.3 Å². The molecule has 104 valence electrons. The summed E-state index contributed by atoms with van der Waals surface area (Å²) in [5.74, 6) is 0.0526. The molecule has 2 N–H and O–H groups in total. The van der Waals surface area contributed by atoms with Crippen molar-refractivity contribution in [3.63, 3.8) is 0 Å². The van der Waals surface area contributed by atoms with E-state index in [0.717, 1.165) is 0 Å². The average Bonchev–Trinajstić information content (AvgIpc) is 2.54. The van der Waals surface area contributed by atoms with E-state index >= 15 is 0 Å². The number of rotatable bonds is 5. The summed E-state index contributed by atoms with van der Waals surface area (Å²) < 4.78 is 0. The van der Waals surface area contributed by atoms with E-state index in [9.17, 15) is 4.79 Å². The lowest BCUT2D eigenvalue weighted by Gasteiger charge is -2.07. The first-order valence-electron chi connectivity index (χ1n) is 6.22. The minimum Gasteiger partial charge on any atom is -0.348 e. The first-order valence-corrected chi connectivity index (χ1v) is 6.22. The maximum absolute atomic E-state index is 11.7. The fourth-order valence-electron chi connectivity index (χ4n) is 1.59. The summed E-state index contributed by atoms with van der Waals surface area (Å²) in [6, 6.07) is 9.11. The van der Waals surface area contributed by atoms with Crippen LogP contribution in [0.3, 0.4) is 0 Å². The zero-order valence-corrected chi connectivity index (χ0v) is 11.2. The van der Waals surface area contributed by atoms with E-state index in [0.29, 0.717) is 29.3 Å². The summed E-state index contributed by atoms with van der Waals surface area (Å²) in [7, 11) is 0. The molecule has 21 heavy (non-hydrogen) atoms. The van der Waals surface area contributed by atoms with Crippen molar-refractivity contribution < 1.29 is 4.79 Å². The maximum atomic E-state index is 11.7. The topological polar surface area (TPSA) is 90.7 Å². The zero-order valence-electron chi connectivity index (χ0n) is 11.2. The molecule has 1 heterocycles. The summed E-state index contributed by atoms with van der Waals surface area (Å²) in [6.45, 7) is 3.90. The van der Waals surface area contributed by atoms with Gasteiger partial charge in [0.05, 0.1) is 16.8 Å². The second-order valence-electron chi connectivity index (χ2n) is 4.08. The third-order valence-electron chi connectivity index (χ3n) is 2.61. The highest BCUT2D eigenvalue weighted by Gasteiger charge is 2.07. The molecular weight excluding hydrogens is 266 g/mol. The summed E-state index contributed by atoms with van der Waals surface area (Å²) in [5.41, 5.74) is 1.47. The number of nitriles is 1. The molecule has 6 nitrogen and oxygen atoms in total. The van der Waals surface area contributed by atoms with Crippen LogP contribution in [0.5, 0.6) is 0 Å². The number of hydrogen-bond acceptors (Lipinski definition) is 5. The number of nitrogens with one attached hydrogen (secondary N) is 2. The van der Waals surface area contributed by atoms with Crippen LogP contribution >= 0.6 is 0 Å². The number of anilines is 2. The molecule has 0 spiro atoms. The van der Waals surface area contributed by atoms with Crippen molar-refractivity contribution in [2.45, 2.75) is 0 Å². The molecule has 0 saturated heterocycles. The van der Waals surface area contributed by atoms with E-state index in [1.165, 1.54) is 12.4 Å². The van der Waals surface area contributed by atoms with Gasteiger partial charge in [-0.15, -0.1) is 6.58 Å². The molecule has 0 saturated carbocycles. The first kappa shape index (κ1) is 14.2. The summed E-state index contributed by atoms with van der Waals surface area (Å²) in [5, 5.41) is 14.6. The van der Waals surface area contributed by atoms with Crippen LogP contribution in [0.2, 0.25) is 0 Å². The van der Waals surface area contributed by atoms with Gasteiger partial charge in [0, 0.05) is 18.9 Å². The Bertz CT molecular complexity index is 688. The maximum Gasteiger partial charge on any atom is 0.254 e. The Morgan fingerprint density at radius 3 is 2.71 bits per heavy atom. The van der Waals surface area contributed by atoms with Gasteiger partial charge in [0.1, 0.15) is 6.07 Å². The van der Waals surface area contributed by atoms with Gasteiger partial charge in [-0.1, -0.05) is 18.2 Å². The monoisotopic (exact) mass is 279 g/mol. The minimum absolute atomic E-state index is 0.265. The van der Waals surface area contributed by atoms with Gasteiger partial charge < -0.3 is 10.6 Å². The summed E-state index contributed by atoms with van der Waals surface area (Å²) in [6.07, 6.45) is 4.43. The van der Waals surface area contributed by atoms with E-state index in [-0.39, 0.29) is 5.91 Å². The lowest BCUT2D eigenvalue weighted by molar-refractivity contribution is 0.0957. The normalized spacial score (nSPS) is 9.48. The molecule has 1 aromatic heterocycles. The molecule has 2 rings (SSSR count). The molecular formula is C15H13N5O. The number of nitrogens with zero attached hydrogens (tertiary/aromatic N) is 3. The van der Waals surface area contributed by atoms with Gasteiger partial charge in [0.15, 0.2) is 0 Å². The molecule has 0 unspecified atom stereocenters. The predicted octanol–water partition coefficient (Wildman–Crippen LogP) is 2.01. The lowest BCUT2D eigenvalue weighted by Crippen LogP contribution is -2.23. The largest absolute Gasteiger partial charge is 0.348 e. The van der Waals surface area contributed by atoms with Crippen molar-refractivity contribution in [1.29, 1.82) is 5.26 Å². The van der Waals surface area contributed by atoms with Gasteiger partial charge in [0.25, 0.3) is 5.91 Å². The molecule has 6 heteroatoms. The van der Waals surface area contributed by atoms with E-state index < -0.39 is 0 Å². The molecule has 0 aliphatic carbocycles. The molecule has 0 atom stereocenters. The van der Waals surface area contributed by atoms with Gasteiger partial charge in [-0.2, -0.15) is 5.26 Å². The Labute approximate surface area is 122 Å². The van der Waals surface area contributed by atoms with Crippen LogP contribution < -0.4 is 10.6 Å². The van der Waals surface area contributed by atoms with Crippen molar-refractivity contribution in [2.24, 2.45) is 0 Å². The lowest BCUT2D eigenvalue weighted by atomic mass is 10.2. The number of benzene rings is 1. The highest BCUT2D eigenvalue weighted by atomic mass is 16.1. The Balaban J connectivity index is 2.11. The smallest absolute Gasteiger partial charge is 0.254 e. The molecule has 0 aliphatic rings. The van der Waals surface area contributed by atoms with Gasteiger partial charge >= 0.3 is 0 Å². The first-order chi connectivity index (χ1) is 10.2. The second kappa shape index (κ2) is 6.82. The number of hydrogen-bond donors (Lipinski definition) is 2. The molecule has 2 aromatic rings. The van der Waals surface area contributed by atoms with Crippen LogP contribution in [0.25, 0.3) is 0 Å². The van der Waals surface area contributed by atoms with Crippen LogP contribution in [-0.2, 0) is 0 Å². The van der Waals surface area contributed by atoms with Crippen molar-refractivity contribution in [3.05, 3.63) is 60.4 Å². The summed E-state index contributed by atoms with van der Waals surface area (Å²) >= 11 is 0. The van der Waals surface area contributed by atoms with Crippen molar-refractivity contribution >= 4 is 17.5 Å². The third kappa shape index (κ3) is 3.64. The van der Waals surface area contributed by atoms with Crippen LogP contribution in [0.1, 0.15) is 15.9 Å². The van der Waals surface area contributed by atoms with Gasteiger partial charge in [-0.25, -0.2) is 9.97 Å². The van der Waals surface area contributed by atoms with Crippen molar-refractivity contribution in [3.8, 4) is 6.07 Å². The van der Waals surface area contributed by atoms with E-state index in [1.807, 2.05) is 0 Å². The van der Waals surface area contributed by atoms with Crippen LogP contribution in [-0.4, -0.2) is 22.4 Å². The molecule has 0 fully saturated rings. The van der Waals surface area contributed by atoms with Crippen LogP contribution in [0.15, 0.2) is 49.3 Å². The Morgan fingerprint density at radius 2 is 2.05 bits per heavy atom. The molecule has 1 amide bonds. The minimum atomic E-state index is -0.265. The summed E-state index contributed by atoms with van der Waals surface area (Å²) in [4.78, 5) is 19.8. The van der Waals surface area contributed by atoms with Gasteiger partial charge in [-0.3, -0.25) is 4.79 Å². The number of carbonyl (C=O) groups excluding carboxylic acids is 1. The SMILES string of the molecule is C=CCNC(=O)c1cnc(Nc2ccccc2C#N)nc1. The fraction of sp³-hybridized carbons (Fsp3) is 0.0667. The van der Waals surface area contributed by atoms with Crippen LogP contribution in [0.4, 0.5) is 11.6 Å². The number of aromatic nitrogens is 2. The van der Waals surface area contributed by atoms with Crippen LogP contribution in [0, 0.1) is 11.3 Å². The molecule has 1 aromatic carbocycles. The van der Waals surface area contributed by atoms with Gasteiger partial charge in [-0.05, 0) is 12.1 Å². The second-order valence-corrected chi connectivity index (χ2v) is 4.08. The predicted molar refractivity (Wildman–Crippen MR) is 79.0 cm³/mol. The molecule has 0 aliphatic heterocycles. The zero-order chi connectivity index (χ0) is 15.1. The van der Waals surface area contributed by atoms with Crippen molar-refractivity contribution in [1.82, 2.24) is 15.3 Å². The number of para-hydroxylation sites is 1. The quantitative estimate of drug-likeness (QED) is 0.817. The Morgan fingerprint density at radius 1 is 1.33 bits per heavy atom.